The van der Waals surface area contributed by atoms with Crippen molar-refractivity contribution in [2.75, 3.05) is 13.1 Å². The van der Waals surface area contributed by atoms with Crippen molar-refractivity contribution in [1.82, 2.24) is 19.4 Å². The molecule has 0 aliphatic carbocycles. The molecule has 3 aromatic rings. The second-order valence-electron chi connectivity index (χ2n) is 7.94. The van der Waals surface area contributed by atoms with E-state index in [1.165, 1.54) is 11.6 Å². The van der Waals surface area contributed by atoms with E-state index in [4.69, 9.17) is 0 Å². The Morgan fingerprint density at radius 1 is 1.26 bits per heavy atom. The van der Waals surface area contributed by atoms with Crippen molar-refractivity contribution in [1.29, 1.82) is 0 Å². The Balaban J connectivity index is 1.60. The highest BCUT2D eigenvalue weighted by molar-refractivity contribution is 6.05. The number of aromatic carboxylic acids is 1. The first-order valence-electron chi connectivity index (χ1n) is 9.96. The molecule has 2 aromatic heterocycles. The monoisotopic (exact) mass is 422 g/mol. The number of amides is 1. The molecule has 31 heavy (non-hydrogen) atoms. The van der Waals surface area contributed by atoms with E-state index in [9.17, 15) is 24.3 Å². The first-order valence-corrected chi connectivity index (χ1v) is 9.96. The number of pyridine rings is 1. The number of carboxylic acid groups (broad SMARTS) is 1. The van der Waals surface area contributed by atoms with Gasteiger partial charge in [-0.1, -0.05) is 12.1 Å². The number of carbonyl (C=O) groups is 2. The zero-order chi connectivity index (χ0) is 22.3. The molecule has 0 bridgehead atoms. The molecule has 1 aliphatic rings. The summed E-state index contributed by atoms with van der Waals surface area (Å²) in [5, 5.41) is 9.28. The van der Waals surface area contributed by atoms with Crippen molar-refractivity contribution >= 4 is 22.9 Å². The van der Waals surface area contributed by atoms with E-state index < -0.39 is 17.2 Å². The topological polar surface area (TPSA) is 125 Å². The minimum atomic E-state index is -0.968. The zero-order valence-electron chi connectivity index (χ0n) is 17.2. The van der Waals surface area contributed by atoms with Crippen LogP contribution in [-0.4, -0.2) is 49.5 Å². The molecule has 2 N–H and O–H groups in total. The van der Waals surface area contributed by atoms with Gasteiger partial charge in [-0.15, -0.1) is 0 Å². The molecule has 1 unspecified atom stereocenters. The molecule has 1 fully saturated rings. The van der Waals surface area contributed by atoms with Crippen LogP contribution in [0.3, 0.4) is 0 Å². The van der Waals surface area contributed by atoms with Gasteiger partial charge in [0.2, 0.25) is 0 Å². The first kappa shape index (κ1) is 20.5. The molecule has 0 radical (unpaired) electrons. The molecule has 9 nitrogen and oxygen atoms in total. The number of aromatic nitrogens is 3. The summed E-state index contributed by atoms with van der Waals surface area (Å²) in [7, 11) is 1.50. The summed E-state index contributed by atoms with van der Waals surface area (Å²) in [4.78, 5) is 57.1. The number of hydrogen-bond acceptors (Lipinski definition) is 5. The molecular formula is C22H22N4O5. The third-order valence-electron chi connectivity index (χ3n) is 5.70. The molecule has 9 heteroatoms. The molecule has 160 valence electrons. The fourth-order valence-corrected chi connectivity index (χ4v) is 4.15. The van der Waals surface area contributed by atoms with Gasteiger partial charge in [0.1, 0.15) is 5.65 Å². The maximum Gasteiger partial charge on any atom is 0.335 e. The molecule has 1 amide bonds. The van der Waals surface area contributed by atoms with Crippen LogP contribution in [0.4, 0.5) is 0 Å². The summed E-state index contributed by atoms with van der Waals surface area (Å²) in [6.45, 7) is 2.75. The molecule has 0 saturated carbocycles. The molecule has 1 aromatic carbocycles. The lowest BCUT2D eigenvalue weighted by Crippen LogP contribution is -2.33. The van der Waals surface area contributed by atoms with Crippen molar-refractivity contribution in [3.63, 3.8) is 0 Å². The van der Waals surface area contributed by atoms with Gasteiger partial charge in [0.05, 0.1) is 16.5 Å². The lowest BCUT2D eigenvalue weighted by Gasteiger charge is -2.18. The van der Waals surface area contributed by atoms with Gasteiger partial charge in [0.25, 0.3) is 11.5 Å². The molecule has 0 spiro atoms. The van der Waals surface area contributed by atoms with Gasteiger partial charge in [-0.05, 0) is 49.4 Å². The normalized spacial score (nSPS) is 16.1. The Bertz CT molecular complexity index is 1320. The first-order chi connectivity index (χ1) is 14.7. The highest BCUT2D eigenvalue weighted by atomic mass is 16.4. The van der Waals surface area contributed by atoms with Gasteiger partial charge in [-0.2, -0.15) is 0 Å². The molecule has 1 saturated heterocycles. The molecule has 1 atom stereocenters. The quantitative estimate of drug-likeness (QED) is 0.653. The highest BCUT2D eigenvalue weighted by Gasteiger charge is 2.29. The summed E-state index contributed by atoms with van der Waals surface area (Å²) >= 11 is 0. The number of carbonyl (C=O) groups excluding carboxylic acids is 1. The van der Waals surface area contributed by atoms with Crippen LogP contribution < -0.4 is 11.2 Å². The van der Waals surface area contributed by atoms with E-state index >= 15 is 0 Å². The predicted octanol–water partition coefficient (Wildman–Crippen LogP) is 1.33. The summed E-state index contributed by atoms with van der Waals surface area (Å²) in [5.74, 6) is -1.06. The number of aryl methyl sites for hydroxylation is 2. The van der Waals surface area contributed by atoms with Gasteiger partial charge in [-0.3, -0.25) is 19.1 Å². The standard InChI is InChI=1S/C22H22N4O5/c1-12-8-16(17-18(23-12)25(2)22(31)24-19(17)27)20(28)26-7-6-14(11-26)9-13-4-3-5-15(10-13)21(29)30/h3-5,8,10,14H,6-7,9,11H2,1-2H3,(H,29,30)(H,24,27,31). The Morgan fingerprint density at radius 2 is 2.03 bits per heavy atom. The van der Waals surface area contributed by atoms with E-state index in [2.05, 4.69) is 9.97 Å². The number of nitrogens with one attached hydrogen (secondary N) is 1. The Kier molecular flexibility index (Phi) is 5.18. The summed E-state index contributed by atoms with van der Waals surface area (Å²) < 4.78 is 1.22. The zero-order valence-corrected chi connectivity index (χ0v) is 17.2. The van der Waals surface area contributed by atoms with Crippen LogP contribution in [-0.2, 0) is 13.5 Å². The second-order valence-corrected chi connectivity index (χ2v) is 7.94. The largest absolute Gasteiger partial charge is 0.478 e. The number of likely N-dealkylation sites (tertiary alicyclic amines) is 1. The summed E-state index contributed by atoms with van der Waals surface area (Å²) in [5.41, 5.74) is 0.890. The molecule has 1 aliphatic heterocycles. The maximum absolute atomic E-state index is 13.3. The van der Waals surface area contributed by atoms with Crippen molar-refractivity contribution in [2.24, 2.45) is 13.0 Å². The van der Waals surface area contributed by atoms with Gasteiger partial charge in [0, 0.05) is 25.8 Å². The van der Waals surface area contributed by atoms with Crippen LogP contribution >= 0.6 is 0 Å². The van der Waals surface area contributed by atoms with Crippen LogP contribution in [0.2, 0.25) is 0 Å². The Labute approximate surface area is 177 Å². The number of hydrogen-bond donors (Lipinski definition) is 2. The third-order valence-corrected chi connectivity index (χ3v) is 5.70. The summed E-state index contributed by atoms with van der Waals surface area (Å²) in [6.07, 6.45) is 1.44. The van der Waals surface area contributed by atoms with Crippen LogP contribution in [0.25, 0.3) is 11.0 Å². The Hall–Kier alpha value is -3.75. The van der Waals surface area contributed by atoms with E-state index in [1.807, 2.05) is 6.07 Å². The second kappa shape index (κ2) is 7.82. The Morgan fingerprint density at radius 3 is 2.77 bits per heavy atom. The van der Waals surface area contributed by atoms with Crippen molar-refractivity contribution < 1.29 is 14.7 Å². The number of carboxylic acids is 1. The van der Waals surface area contributed by atoms with E-state index in [1.54, 1.807) is 36.1 Å². The predicted molar refractivity (Wildman–Crippen MR) is 113 cm³/mol. The van der Waals surface area contributed by atoms with Gasteiger partial charge in [-0.25, -0.2) is 14.6 Å². The van der Waals surface area contributed by atoms with Gasteiger partial charge in [0.15, 0.2) is 0 Å². The van der Waals surface area contributed by atoms with Gasteiger partial charge < -0.3 is 10.0 Å². The fraction of sp³-hybridized carbons (Fsp3) is 0.318. The van der Waals surface area contributed by atoms with E-state index in [-0.39, 0.29) is 34.0 Å². The van der Waals surface area contributed by atoms with Crippen LogP contribution in [0, 0.1) is 12.8 Å². The van der Waals surface area contributed by atoms with E-state index in [0.717, 1.165) is 12.0 Å². The minimum Gasteiger partial charge on any atom is -0.478 e. The van der Waals surface area contributed by atoms with E-state index in [0.29, 0.717) is 25.2 Å². The molecule has 3 heterocycles. The lowest BCUT2D eigenvalue weighted by molar-refractivity contribution is 0.0696. The van der Waals surface area contributed by atoms with Crippen LogP contribution in [0.1, 0.15) is 38.4 Å². The number of aromatic amines is 1. The number of rotatable bonds is 4. The third kappa shape index (κ3) is 3.86. The number of fused-ring (bicyclic) bond motifs is 1. The number of H-pyrrole nitrogens is 1. The average Bonchev–Trinajstić information content (AvgIpc) is 3.19. The van der Waals surface area contributed by atoms with Crippen molar-refractivity contribution in [2.45, 2.75) is 19.8 Å². The number of nitrogens with zero attached hydrogens (tertiary/aromatic N) is 3. The fourth-order valence-electron chi connectivity index (χ4n) is 4.15. The average molecular weight is 422 g/mol. The van der Waals surface area contributed by atoms with Crippen molar-refractivity contribution in [3.05, 3.63) is 73.6 Å². The van der Waals surface area contributed by atoms with Crippen LogP contribution in [0.15, 0.2) is 39.9 Å². The summed E-state index contributed by atoms with van der Waals surface area (Å²) in [6, 6.07) is 8.40. The van der Waals surface area contributed by atoms with Crippen molar-refractivity contribution in [3.8, 4) is 0 Å². The SMILES string of the molecule is Cc1cc(C(=O)N2CCC(Cc3cccc(C(=O)O)c3)C2)c2c(=O)[nH]c(=O)n(C)c2n1. The number of benzene rings is 1. The van der Waals surface area contributed by atoms with Gasteiger partial charge >= 0.3 is 11.7 Å². The molecule has 4 rings (SSSR count). The smallest absolute Gasteiger partial charge is 0.335 e. The highest BCUT2D eigenvalue weighted by Crippen LogP contribution is 2.24. The minimum absolute atomic E-state index is 0.107. The maximum atomic E-state index is 13.3. The van der Waals surface area contributed by atoms with Crippen LogP contribution in [0.5, 0.6) is 0 Å². The molecular weight excluding hydrogens is 400 g/mol. The lowest BCUT2D eigenvalue weighted by atomic mass is 9.97.